The molecule has 7 heteroatoms. The molecule has 0 fully saturated rings. The lowest BCUT2D eigenvalue weighted by molar-refractivity contribution is -0.145. The van der Waals surface area contributed by atoms with E-state index in [-0.39, 0.29) is 4.88 Å². The zero-order valence-electron chi connectivity index (χ0n) is 10.8. The number of aromatic nitrogens is 2. The molecule has 2 nitrogen and oxygen atoms in total. The minimum absolute atomic E-state index is 0.180. The molecule has 2 aromatic rings. The van der Waals surface area contributed by atoms with Crippen LogP contribution in [0.1, 0.15) is 30.3 Å². The molecule has 108 valence electrons. The summed E-state index contributed by atoms with van der Waals surface area (Å²) >= 11 is 0.943. The van der Waals surface area contributed by atoms with E-state index in [1.54, 1.807) is 6.92 Å². The highest BCUT2D eigenvalue weighted by Gasteiger charge is 2.39. The van der Waals surface area contributed by atoms with Crippen molar-refractivity contribution in [1.29, 1.82) is 0 Å². The SMILES string of the molecule is CCc1nc(-c2cncc(F)c2)sc1C(C)C(F)(F)F. The van der Waals surface area contributed by atoms with Crippen LogP contribution in [0.15, 0.2) is 18.5 Å². The normalized spacial score (nSPS) is 13.5. The summed E-state index contributed by atoms with van der Waals surface area (Å²) in [7, 11) is 0. The summed E-state index contributed by atoms with van der Waals surface area (Å²) in [6.45, 7) is 2.86. The molecule has 1 atom stereocenters. The Morgan fingerprint density at radius 3 is 2.55 bits per heavy atom. The Hall–Kier alpha value is -1.50. The van der Waals surface area contributed by atoms with E-state index < -0.39 is 17.9 Å². The molecule has 1 unspecified atom stereocenters. The minimum Gasteiger partial charge on any atom is -0.261 e. The van der Waals surface area contributed by atoms with Gasteiger partial charge in [-0.05, 0) is 19.4 Å². The van der Waals surface area contributed by atoms with E-state index in [0.29, 0.717) is 22.7 Å². The van der Waals surface area contributed by atoms with Gasteiger partial charge in [-0.3, -0.25) is 4.98 Å². The topological polar surface area (TPSA) is 25.8 Å². The molecule has 0 aliphatic heterocycles. The zero-order valence-corrected chi connectivity index (χ0v) is 11.6. The summed E-state index contributed by atoms with van der Waals surface area (Å²) < 4.78 is 51.6. The van der Waals surface area contributed by atoms with Crippen LogP contribution in [0, 0.1) is 5.82 Å². The highest BCUT2D eigenvalue weighted by molar-refractivity contribution is 7.15. The van der Waals surface area contributed by atoms with Gasteiger partial charge in [-0.15, -0.1) is 11.3 Å². The molecule has 0 aliphatic carbocycles. The van der Waals surface area contributed by atoms with E-state index in [9.17, 15) is 17.6 Å². The maximum Gasteiger partial charge on any atom is 0.396 e. The summed E-state index contributed by atoms with van der Waals surface area (Å²) in [4.78, 5) is 8.05. The van der Waals surface area contributed by atoms with Gasteiger partial charge >= 0.3 is 6.18 Å². The highest BCUT2D eigenvalue weighted by atomic mass is 32.1. The maximum atomic E-state index is 13.1. The summed E-state index contributed by atoms with van der Waals surface area (Å²) in [5.74, 6) is -2.12. The second kappa shape index (κ2) is 5.47. The third-order valence-corrected chi connectivity index (χ3v) is 4.23. The molecular formula is C13H12F4N2S. The van der Waals surface area contributed by atoms with Crippen molar-refractivity contribution in [3.05, 3.63) is 34.8 Å². The van der Waals surface area contributed by atoms with Crippen molar-refractivity contribution >= 4 is 11.3 Å². The van der Waals surface area contributed by atoms with Gasteiger partial charge in [0.2, 0.25) is 0 Å². The molecule has 2 aromatic heterocycles. The van der Waals surface area contributed by atoms with Crippen LogP contribution in [0.25, 0.3) is 10.6 Å². The monoisotopic (exact) mass is 304 g/mol. The van der Waals surface area contributed by atoms with Gasteiger partial charge in [0.15, 0.2) is 0 Å². The fourth-order valence-corrected chi connectivity index (χ4v) is 2.97. The van der Waals surface area contributed by atoms with Gasteiger partial charge in [0.1, 0.15) is 10.8 Å². The Balaban J connectivity index is 2.46. The molecule has 0 N–H and O–H groups in total. The van der Waals surface area contributed by atoms with Crippen LogP contribution in [-0.2, 0) is 6.42 Å². The van der Waals surface area contributed by atoms with Gasteiger partial charge in [0, 0.05) is 16.6 Å². The fraction of sp³-hybridized carbons (Fsp3) is 0.385. The molecule has 0 bridgehead atoms. The van der Waals surface area contributed by atoms with Crippen molar-refractivity contribution in [2.75, 3.05) is 0 Å². The molecule has 0 saturated carbocycles. The first kappa shape index (κ1) is 14.9. The molecule has 0 saturated heterocycles. The largest absolute Gasteiger partial charge is 0.396 e. The minimum atomic E-state index is -4.31. The molecule has 0 radical (unpaired) electrons. The number of nitrogens with zero attached hydrogens (tertiary/aromatic N) is 2. The van der Waals surface area contributed by atoms with Gasteiger partial charge in [-0.25, -0.2) is 9.37 Å². The molecule has 0 spiro atoms. The van der Waals surface area contributed by atoms with E-state index in [1.807, 2.05) is 0 Å². The van der Waals surface area contributed by atoms with Crippen molar-refractivity contribution < 1.29 is 17.6 Å². The van der Waals surface area contributed by atoms with Crippen LogP contribution >= 0.6 is 11.3 Å². The Kier molecular flexibility index (Phi) is 4.08. The zero-order chi connectivity index (χ0) is 14.9. The van der Waals surface area contributed by atoms with E-state index in [1.165, 1.54) is 12.3 Å². The van der Waals surface area contributed by atoms with Crippen LogP contribution < -0.4 is 0 Å². The summed E-state index contributed by atoms with van der Waals surface area (Å²) in [5, 5.41) is 0.361. The van der Waals surface area contributed by atoms with E-state index in [2.05, 4.69) is 9.97 Å². The predicted molar refractivity (Wildman–Crippen MR) is 69.2 cm³/mol. The molecule has 2 rings (SSSR count). The molecule has 0 aromatic carbocycles. The molecule has 0 aliphatic rings. The van der Waals surface area contributed by atoms with Crippen molar-refractivity contribution in [2.45, 2.75) is 32.4 Å². The molecule has 2 heterocycles. The second-order valence-corrected chi connectivity index (χ2v) is 5.37. The summed E-state index contributed by atoms with van der Waals surface area (Å²) in [5.41, 5.74) is 0.796. The van der Waals surface area contributed by atoms with E-state index in [0.717, 1.165) is 24.5 Å². The summed E-state index contributed by atoms with van der Waals surface area (Å²) in [6, 6.07) is 1.22. The van der Waals surface area contributed by atoms with Gasteiger partial charge in [0.05, 0.1) is 17.8 Å². The third kappa shape index (κ3) is 2.98. The smallest absolute Gasteiger partial charge is 0.261 e. The Morgan fingerprint density at radius 1 is 1.30 bits per heavy atom. The number of hydrogen-bond acceptors (Lipinski definition) is 3. The first-order valence-electron chi connectivity index (χ1n) is 6.00. The fourth-order valence-electron chi connectivity index (χ4n) is 1.76. The number of aryl methyl sites for hydroxylation is 1. The molecular weight excluding hydrogens is 292 g/mol. The van der Waals surface area contributed by atoms with Crippen LogP contribution in [0.2, 0.25) is 0 Å². The van der Waals surface area contributed by atoms with Gasteiger partial charge in [-0.2, -0.15) is 13.2 Å². The highest BCUT2D eigenvalue weighted by Crippen LogP contribution is 2.41. The number of rotatable bonds is 3. The lowest BCUT2D eigenvalue weighted by Gasteiger charge is -2.14. The Bertz CT molecular complexity index is 607. The number of pyridine rings is 1. The Morgan fingerprint density at radius 2 is 2.00 bits per heavy atom. The lowest BCUT2D eigenvalue weighted by atomic mass is 10.1. The quantitative estimate of drug-likeness (QED) is 0.776. The maximum absolute atomic E-state index is 13.1. The van der Waals surface area contributed by atoms with Crippen molar-refractivity contribution in [3.63, 3.8) is 0 Å². The average molecular weight is 304 g/mol. The van der Waals surface area contributed by atoms with Crippen LogP contribution in [0.3, 0.4) is 0 Å². The average Bonchev–Trinajstić information content (AvgIpc) is 2.80. The summed E-state index contributed by atoms with van der Waals surface area (Å²) in [6.07, 6.45) is -1.48. The van der Waals surface area contributed by atoms with Gasteiger partial charge in [0.25, 0.3) is 0 Å². The third-order valence-electron chi connectivity index (χ3n) is 2.90. The lowest BCUT2D eigenvalue weighted by Crippen LogP contribution is -2.17. The number of halogens is 4. The van der Waals surface area contributed by atoms with E-state index in [4.69, 9.17) is 0 Å². The van der Waals surface area contributed by atoms with Gasteiger partial charge < -0.3 is 0 Å². The second-order valence-electron chi connectivity index (χ2n) is 4.34. The number of thiazole rings is 1. The van der Waals surface area contributed by atoms with Crippen LogP contribution in [-0.4, -0.2) is 16.1 Å². The van der Waals surface area contributed by atoms with E-state index >= 15 is 0 Å². The first-order chi connectivity index (χ1) is 9.32. The molecule has 0 amide bonds. The molecule has 20 heavy (non-hydrogen) atoms. The van der Waals surface area contributed by atoms with Gasteiger partial charge in [-0.1, -0.05) is 6.92 Å². The Labute approximate surface area is 117 Å². The first-order valence-corrected chi connectivity index (χ1v) is 6.81. The standard InChI is InChI=1S/C13H12F4N2S/c1-3-10-11(7(2)13(15,16)17)20-12(19-10)8-4-9(14)6-18-5-8/h4-7H,3H2,1-2H3. The van der Waals surface area contributed by atoms with Crippen molar-refractivity contribution in [2.24, 2.45) is 0 Å². The predicted octanol–water partition coefficient (Wildman–Crippen LogP) is 4.57. The van der Waals surface area contributed by atoms with Crippen molar-refractivity contribution in [3.8, 4) is 10.6 Å². The van der Waals surface area contributed by atoms with Crippen LogP contribution in [0.5, 0.6) is 0 Å². The number of alkyl halides is 3. The number of hydrogen-bond donors (Lipinski definition) is 0. The van der Waals surface area contributed by atoms with Crippen LogP contribution in [0.4, 0.5) is 17.6 Å². The van der Waals surface area contributed by atoms with Crippen molar-refractivity contribution in [1.82, 2.24) is 9.97 Å².